The van der Waals surface area contributed by atoms with Gasteiger partial charge in [0.1, 0.15) is 17.7 Å². The highest BCUT2D eigenvalue weighted by Crippen LogP contribution is 2.37. The fraction of sp³-hybridized carbons (Fsp3) is 0.548. The quantitative estimate of drug-likeness (QED) is 0.131. The van der Waals surface area contributed by atoms with Crippen molar-refractivity contribution >= 4 is 52.4 Å². The number of likely N-dealkylation sites (N-methyl/N-ethyl adjacent to an activating group) is 2. The van der Waals surface area contributed by atoms with E-state index in [0.717, 1.165) is 21.4 Å². The molecule has 0 saturated carbocycles. The first-order valence-corrected chi connectivity index (χ1v) is 19.2. The predicted octanol–water partition coefficient (Wildman–Crippen LogP) is 3.56. The molecule has 15 heteroatoms. The lowest BCUT2D eigenvalue weighted by atomic mass is 9.76. The Balaban J connectivity index is 1.68. The van der Waals surface area contributed by atoms with Crippen LogP contribution in [0.5, 0.6) is 0 Å². The van der Waals surface area contributed by atoms with Gasteiger partial charge in [0.05, 0.1) is 0 Å². The second-order valence-corrected chi connectivity index (χ2v) is 17.2. The summed E-state index contributed by atoms with van der Waals surface area (Å²) in [7, 11) is 5.04. The van der Waals surface area contributed by atoms with E-state index in [2.05, 4.69) is 16.0 Å². The van der Waals surface area contributed by atoms with Gasteiger partial charge in [0.2, 0.25) is 23.6 Å². The molecule has 3 rings (SSSR count). The first kappa shape index (κ1) is 45.9. The van der Waals surface area contributed by atoms with E-state index in [9.17, 15) is 33.6 Å². The zero-order chi connectivity index (χ0) is 43.0. The largest absolute Gasteiger partial charge is 0.444 e. The lowest BCUT2D eigenvalue weighted by Crippen LogP contribution is -2.62. The average molecular weight is 792 g/mol. The van der Waals surface area contributed by atoms with Crippen molar-refractivity contribution in [2.75, 3.05) is 40.3 Å². The van der Waals surface area contributed by atoms with E-state index in [4.69, 9.17) is 4.74 Å². The smallest absolute Gasteiger partial charge is 0.410 e. The van der Waals surface area contributed by atoms with Gasteiger partial charge in [-0.05, 0) is 51.2 Å². The van der Waals surface area contributed by atoms with Crippen LogP contribution in [-0.4, -0.2) is 119 Å². The first-order valence-electron chi connectivity index (χ1n) is 19.2. The highest BCUT2D eigenvalue weighted by Gasteiger charge is 2.46. The van der Waals surface area contributed by atoms with Crippen LogP contribution in [-0.2, 0) is 46.0 Å². The number of nitrogens with one attached hydrogen (secondary N) is 3. The molecule has 2 aromatic rings. The van der Waals surface area contributed by atoms with Crippen LogP contribution in [0.25, 0.3) is 10.9 Å². The summed E-state index contributed by atoms with van der Waals surface area (Å²) in [5.74, 6) is -2.38. The molecule has 1 aromatic heterocycles. The number of para-hydroxylation sites is 1. The second-order valence-electron chi connectivity index (χ2n) is 17.2. The van der Waals surface area contributed by atoms with Gasteiger partial charge in [-0.1, -0.05) is 58.9 Å². The van der Waals surface area contributed by atoms with E-state index in [0.29, 0.717) is 12.0 Å². The minimum Gasteiger partial charge on any atom is -0.444 e. The number of benzene rings is 1. The molecule has 312 valence electrons. The summed E-state index contributed by atoms with van der Waals surface area (Å²) in [5, 5.41) is 9.35. The molecule has 1 aliphatic heterocycles. The molecule has 3 N–H and O–H groups in total. The molecule has 0 fully saturated rings. The van der Waals surface area contributed by atoms with Crippen molar-refractivity contribution in [2.45, 2.75) is 98.3 Å². The number of ether oxygens (including phenoxy) is 1. The van der Waals surface area contributed by atoms with Gasteiger partial charge in [-0.25, -0.2) is 4.79 Å². The average Bonchev–Trinajstić information content (AvgIpc) is 3.63. The van der Waals surface area contributed by atoms with Crippen molar-refractivity contribution in [3.05, 3.63) is 59.8 Å². The standard InChI is InChI=1S/C42H61N7O8/c1-27(36(53)44-22-15-18-31(50)43-23-25-49-32(51)19-20-33(49)52)21-24-46(10)38(55)34(40(2,3)4)45-37(54)35(48(12)39(56)57-41(5,6)7)42(8,9)29-26-47(11)30-17-14-13-16-28(29)30/h13-14,16-17,19-21,26,34-35H,15,18,22-25H2,1-12H3,(H,43,50)(H,44,53)(H,45,54)/b27-21+/t34?,35-/m1/s1. The highest BCUT2D eigenvalue weighted by molar-refractivity contribution is 6.12. The highest BCUT2D eigenvalue weighted by atomic mass is 16.6. The van der Waals surface area contributed by atoms with Crippen LogP contribution in [0.15, 0.2) is 54.3 Å². The summed E-state index contributed by atoms with van der Waals surface area (Å²) >= 11 is 0. The SMILES string of the molecule is C/C(=C\CN(C)C(=O)C(NC(=O)[C@@H](N(C)C(=O)OC(C)(C)C)C(C)(C)c1cn(C)c2ccccc12)C(C)(C)C)C(=O)NCCCC(=O)NCCN1C(=O)C=CC1=O. The Morgan fingerprint density at radius 3 is 2.11 bits per heavy atom. The third-order valence-corrected chi connectivity index (χ3v) is 9.82. The van der Waals surface area contributed by atoms with Gasteiger partial charge in [0, 0.05) is 94.0 Å². The van der Waals surface area contributed by atoms with Crippen molar-refractivity contribution in [2.24, 2.45) is 12.5 Å². The zero-order valence-corrected chi connectivity index (χ0v) is 35.6. The number of aryl methyl sites for hydroxylation is 1. The van der Waals surface area contributed by atoms with Crippen LogP contribution < -0.4 is 16.0 Å². The summed E-state index contributed by atoms with van der Waals surface area (Å²) in [5.41, 5.74) is -0.355. The molecule has 0 spiro atoms. The van der Waals surface area contributed by atoms with Crippen molar-refractivity contribution in [1.29, 1.82) is 0 Å². The third kappa shape index (κ3) is 12.0. The minimum absolute atomic E-state index is 0.0726. The van der Waals surface area contributed by atoms with Crippen LogP contribution in [0.4, 0.5) is 4.79 Å². The van der Waals surface area contributed by atoms with Crippen molar-refractivity contribution in [1.82, 2.24) is 35.2 Å². The number of hydrogen-bond acceptors (Lipinski definition) is 8. The maximum atomic E-state index is 14.6. The molecular formula is C42H61N7O8. The summed E-state index contributed by atoms with van der Waals surface area (Å²) < 4.78 is 7.69. The Morgan fingerprint density at radius 1 is 0.895 bits per heavy atom. The monoisotopic (exact) mass is 791 g/mol. The molecule has 1 aliphatic rings. The molecule has 57 heavy (non-hydrogen) atoms. The Kier molecular flexibility index (Phi) is 15.0. The van der Waals surface area contributed by atoms with Gasteiger partial charge in [-0.3, -0.25) is 38.6 Å². The number of fused-ring (bicyclic) bond motifs is 1. The lowest BCUT2D eigenvalue weighted by molar-refractivity contribution is -0.140. The van der Waals surface area contributed by atoms with Crippen LogP contribution in [0.2, 0.25) is 0 Å². The number of nitrogens with zero attached hydrogens (tertiary/aromatic N) is 4. The fourth-order valence-electron chi connectivity index (χ4n) is 6.61. The van der Waals surface area contributed by atoms with Crippen molar-refractivity contribution < 1.29 is 38.3 Å². The number of imide groups is 1. The summed E-state index contributed by atoms with van der Waals surface area (Å²) in [4.78, 5) is 94.2. The topological polar surface area (TPSA) is 179 Å². The second kappa shape index (κ2) is 18.6. The Morgan fingerprint density at radius 2 is 1.51 bits per heavy atom. The summed E-state index contributed by atoms with van der Waals surface area (Å²) in [6.45, 7) is 16.7. The number of carbonyl (C=O) groups excluding carboxylic acids is 7. The molecule has 0 radical (unpaired) electrons. The predicted molar refractivity (Wildman–Crippen MR) is 218 cm³/mol. The fourth-order valence-corrected chi connectivity index (χ4v) is 6.61. The molecule has 1 aromatic carbocycles. The molecule has 0 bridgehead atoms. The maximum Gasteiger partial charge on any atom is 0.410 e. The van der Waals surface area contributed by atoms with E-state index >= 15 is 0 Å². The van der Waals surface area contributed by atoms with E-state index < -0.39 is 52.3 Å². The molecule has 1 unspecified atom stereocenters. The summed E-state index contributed by atoms with van der Waals surface area (Å²) in [6, 6.07) is 5.73. The number of amides is 7. The third-order valence-electron chi connectivity index (χ3n) is 9.82. The lowest BCUT2D eigenvalue weighted by Gasteiger charge is -2.41. The van der Waals surface area contributed by atoms with Crippen molar-refractivity contribution in [3.8, 4) is 0 Å². The number of carbonyl (C=O) groups is 7. The number of aromatic nitrogens is 1. The van der Waals surface area contributed by atoms with Gasteiger partial charge in [-0.15, -0.1) is 0 Å². The molecular weight excluding hydrogens is 731 g/mol. The van der Waals surface area contributed by atoms with Gasteiger partial charge in [0.15, 0.2) is 0 Å². The Hall–Kier alpha value is -5.47. The van der Waals surface area contributed by atoms with Crippen LogP contribution >= 0.6 is 0 Å². The van der Waals surface area contributed by atoms with Crippen LogP contribution in [0.1, 0.15) is 80.7 Å². The molecule has 15 nitrogen and oxygen atoms in total. The molecule has 2 atom stereocenters. The van der Waals surface area contributed by atoms with Crippen LogP contribution in [0.3, 0.4) is 0 Å². The molecule has 7 amide bonds. The van der Waals surface area contributed by atoms with E-state index in [-0.39, 0.29) is 50.3 Å². The van der Waals surface area contributed by atoms with Crippen molar-refractivity contribution in [3.63, 3.8) is 0 Å². The number of rotatable bonds is 16. The Bertz CT molecular complexity index is 1900. The number of hydrogen-bond donors (Lipinski definition) is 3. The van der Waals surface area contributed by atoms with Gasteiger partial charge < -0.3 is 30.2 Å². The van der Waals surface area contributed by atoms with Gasteiger partial charge in [-0.2, -0.15) is 0 Å². The zero-order valence-electron chi connectivity index (χ0n) is 35.6. The summed E-state index contributed by atoms with van der Waals surface area (Å²) in [6.07, 6.45) is 5.75. The van der Waals surface area contributed by atoms with E-state index in [1.54, 1.807) is 40.8 Å². The minimum atomic E-state index is -1.10. The first-order chi connectivity index (χ1) is 26.4. The maximum absolute atomic E-state index is 14.6. The molecule has 0 aliphatic carbocycles. The normalized spacial score (nSPS) is 14.7. The van der Waals surface area contributed by atoms with E-state index in [1.807, 2.05) is 76.7 Å². The molecule has 0 saturated heterocycles. The van der Waals surface area contributed by atoms with Gasteiger partial charge in [0.25, 0.3) is 11.8 Å². The van der Waals surface area contributed by atoms with E-state index in [1.165, 1.54) is 29.0 Å². The van der Waals surface area contributed by atoms with Crippen LogP contribution in [0, 0.1) is 5.41 Å². The Labute approximate surface area is 336 Å². The van der Waals surface area contributed by atoms with Gasteiger partial charge >= 0.3 is 6.09 Å². The molecule has 2 heterocycles.